The van der Waals surface area contributed by atoms with Crippen molar-refractivity contribution in [3.05, 3.63) is 17.4 Å². The van der Waals surface area contributed by atoms with Crippen LogP contribution in [0.25, 0.3) is 0 Å². The molecule has 1 saturated carbocycles. The lowest BCUT2D eigenvalue weighted by atomic mass is 9.91. The Bertz CT molecular complexity index is 498. The predicted octanol–water partition coefficient (Wildman–Crippen LogP) is 0.986. The second kappa shape index (κ2) is 6.15. The first-order valence-electron chi connectivity index (χ1n) is 7.34. The zero-order valence-electron chi connectivity index (χ0n) is 11.7. The highest BCUT2D eigenvalue weighted by molar-refractivity contribution is 6.30. The first-order valence-corrected chi connectivity index (χ1v) is 7.72. The van der Waals surface area contributed by atoms with E-state index in [4.69, 9.17) is 11.6 Å². The van der Waals surface area contributed by atoms with Gasteiger partial charge >= 0.3 is 0 Å². The quantitative estimate of drug-likeness (QED) is 0.867. The van der Waals surface area contributed by atoms with Crippen molar-refractivity contribution in [2.24, 2.45) is 5.92 Å². The lowest BCUT2D eigenvalue weighted by Gasteiger charge is -2.33. The summed E-state index contributed by atoms with van der Waals surface area (Å²) >= 11 is 5.78. The summed E-state index contributed by atoms with van der Waals surface area (Å²) < 4.78 is 0. The molecule has 2 N–H and O–H groups in total. The Balaban J connectivity index is 1.52. The highest BCUT2D eigenvalue weighted by Crippen LogP contribution is 2.25. The highest BCUT2D eigenvalue weighted by atomic mass is 35.5. The summed E-state index contributed by atoms with van der Waals surface area (Å²) in [4.78, 5) is 22.3. The molecule has 1 amide bonds. The van der Waals surface area contributed by atoms with Crippen LogP contribution in [0.3, 0.4) is 0 Å². The number of halogens is 1. The Kier molecular flexibility index (Phi) is 4.26. The number of amides is 1. The van der Waals surface area contributed by atoms with Crippen molar-refractivity contribution in [1.29, 1.82) is 0 Å². The predicted molar refractivity (Wildman–Crippen MR) is 79.2 cm³/mol. The molecule has 1 saturated heterocycles. The van der Waals surface area contributed by atoms with E-state index in [1.54, 1.807) is 12.4 Å². The molecule has 1 aromatic heterocycles. The van der Waals surface area contributed by atoms with E-state index in [-0.39, 0.29) is 17.9 Å². The number of hydrogen-bond donors (Lipinski definition) is 2. The molecule has 6 nitrogen and oxygen atoms in total. The fourth-order valence-corrected chi connectivity index (χ4v) is 2.71. The summed E-state index contributed by atoms with van der Waals surface area (Å²) in [5, 5.41) is 13.5. The van der Waals surface area contributed by atoms with Gasteiger partial charge in [0.15, 0.2) is 0 Å². The van der Waals surface area contributed by atoms with Crippen LogP contribution in [0.5, 0.6) is 0 Å². The van der Waals surface area contributed by atoms with Crippen molar-refractivity contribution in [2.75, 3.05) is 18.0 Å². The maximum Gasteiger partial charge on any atom is 0.249 e. The van der Waals surface area contributed by atoms with E-state index in [0.717, 1.165) is 38.8 Å². The van der Waals surface area contributed by atoms with Gasteiger partial charge in [-0.15, -0.1) is 0 Å². The number of anilines is 1. The van der Waals surface area contributed by atoms with Gasteiger partial charge in [0.25, 0.3) is 0 Å². The van der Waals surface area contributed by atoms with Crippen molar-refractivity contribution in [3.63, 3.8) is 0 Å². The van der Waals surface area contributed by atoms with Gasteiger partial charge in [-0.2, -0.15) is 0 Å². The number of nitrogens with one attached hydrogen (secondary N) is 1. The van der Waals surface area contributed by atoms with E-state index in [1.165, 1.54) is 0 Å². The van der Waals surface area contributed by atoms with Gasteiger partial charge in [-0.05, 0) is 31.6 Å². The van der Waals surface area contributed by atoms with E-state index in [0.29, 0.717) is 11.0 Å². The number of aliphatic hydroxyl groups excluding tert-OH is 1. The van der Waals surface area contributed by atoms with E-state index < -0.39 is 6.10 Å². The van der Waals surface area contributed by atoms with Crippen LogP contribution in [0.1, 0.15) is 25.7 Å². The monoisotopic (exact) mass is 310 g/mol. The number of hydrogen-bond acceptors (Lipinski definition) is 5. The molecule has 0 aromatic carbocycles. The number of carbonyl (C=O) groups is 1. The molecule has 2 heterocycles. The van der Waals surface area contributed by atoms with Gasteiger partial charge in [0.05, 0.1) is 17.4 Å². The minimum Gasteiger partial charge on any atom is -0.383 e. The van der Waals surface area contributed by atoms with Crippen molar-refractivity contribution >= 4 is 23.5 Å². The van der Waals surface area contributed by atoms with Crippen LogP contribution < -0.4 is 10.2 Å². The lowest BCUT2D eigenvalue weighted by Crippen LogP contribution is -2.45. The third kappa shape index (κ3) is 3.63. The summed E-state index contributed by atoms with van der Waals surface area (Å²) in [5.41, 5.74) is 0. The molecule has 21 heavy (non-hydrogen) atoms. The molecule has 1 aliphatic heterocycles. The second-order valence-corrected chi connectivity index (χ2v) is 6.19. The molecule has 0 radical (unpaired) electrons. The number of aromatic nitrogens is 2. The first-order chi connectivity index (χ1) is 10.1. The van der Waals surface area contributed by atoms with Crippen molar-refractivity contribution in [3.8, 4) is 0 Å². The van der Waals surface area contributed by atoms with Crippen LogP contribution in [0, 0.1) is 5.92 Å². The normalized spacial score (nSPS) is 21.1. The van der Waals surface area contributed by atoms with Gasteiger partial charge in [-0.25, -0.2) is 9.97 Å². The van der Waals surface area contributed by atoms with Gasteiger partial charge < -0.3 is 15.3 Å². The zero-order chi connectivity index (χ0) is 14.8. The molecular weight excluding hydrogens is 292 g/mol. The highest BCUT2D eigenvalue weighted by Gasteiger charge is 2.33. The average Bonchev–Trinajstić information content (AvgIpc) is 3.31. The van der Waals surface area contributed by atoms with Crippen molar-refractivity contribution in [1.82, 2.24) is 15.3 Å². The van der Waals surface area contributed by atoms with E-state index in [2.05, 4.69) is 20.2 Å². The molecule has 2 aliphatic rings. The van der Waals surface area contributed by atoms with Gasteiger partial charge in [-0.3, -0.25) is 4.79 Å². The minimum absolute atomic E-state index is 0.00676. The Morgan fingerprint density at radius 2 is 1.90 bits per heavy atom. The zero-order valence-corrected chi connectivity index (χ0v) is 12.5. The van der Waals surface area contributed by atoms with Gasteiger partial charge in [0.2, 0.25) is 11.9 Å². The SMILES string of the molecule is O=C(NC1CC1)C(O)C1CCN(c2ncc(Cl)cn2)CC1. The fraction of sp³-hybridized carbons (Fsp3) is 0.643. The number of aliphatic hydroxyl groups is 1. The standard InChI is InChI=1S/C14H19ClN4O2/c15-10-7-16-14(17-8-10)19-5-3-9(4-6-19)12(20)13(21)18-11-1-2-11/h7-9,11-12,20H,1-6H2,(H,18,21). The first kappa shape index (κ1) is 14.5. The van der Waals surface area contributed by atoms with Crippen LogP contribution in [0.2, 0.25) is 5.02 Å². The molecule has 1 unspecified atom stereocenters. The molecule has 2 fully saturated rings. The molecule has 0 bridgehead atoms. The Labute approximate surface area is 128 Å². The maximum absolute atomic E-state index is 11.9. The summed E-state index contributed by atoms with van der Waals surface area (Å²) in [7, 11) is 0. The molecule has 114 valence electrons. The molecular formula is C14H19ClN4O2. The summed E-state index contributed by atoms with van der Waals surface area (Å²) in [6.45, 7) is 1.47. The minimum atomic E-state index is -0.904. The van der Waals surface area contributed by atoms with Crippen LogP contribution in [-0.2, 0) is 4.79 Å². The summed E-state index contributed by atoms with van der Waals surface area (Å²) in [6, 6.07) is 0.287. The largest absolute Gasteiger partial charge is 0.383 e. The Hall–Kier alpha value is -1.40. The summed E-state index contributed by atoms with van der Waals surface area (Å²) in [6.07, 6.45) is 5.83. The number of nitrogens with zero attached hydrogens (tertiary/aromatic N) is 3. The smallest absolute Gasteiger partial charge is 0.249 e. The van der Waals surface area contributed by atoms with Gasteiger partial charge in [0, 0.05) is 19.1 Å². The summed E-state index contributed by atoms with van der Waals surface area (Å²) in [5.74, 6) is 0.431. The molecule has 3 rings (SSSR count). The van der Waals surface area contributed by atoms with Crippen LogP contribution in [0.15, 0.2) is 12.4 Å². The van der Waals surface area contributed by atoms with Crippen molar-refractivity contribution in [2.45, 2.75) is 37.8 Å². The average molecular weight is 311 g/mol. The van der Waals surface area contributed by atoms with Crippen LogP contribution >= 0.6 is 11.6 Å². The number of piperidine rings is 1. The van der Waals surface area contributed by atoms with Crippen LogP contribution in [-0.4, -0.2) is 46.2 Å². The molecule has 1 aliphatic carbocycles. The van der Waals surface area contributed by atoms with E-state index in [9.17, 15) is 9.90 Å². The van der Waals surface area contributed by atoms with Crippen molar-refractivity contribution < 1.29 is 9.90 Å². The lowest BCUT2D eigenvalue weighted by molar-refractivity contribution is -0.132. The number of carbonyl (C=O) groups excluding carboxylic acids is 1. The third-order valence-corrected chi connectivity index (χ3v) is 4.26. The van der Waals surface area contributed by atoms with E-state index >= 15 is 0 Å². The molecule has 0 spiro atoms. The topological polar surface area (TPSA) is 78.4 Å². The third-order valence-electron chi connectivity index (χ3n) is 4.07. The van der Waals surface area contributed by atoms with Gasteiger partial charge in [0.1, 0.15) is 6.10 Å². The maximum atomic E-state index is 11.9. The Morgan fingerprint density at radius 3 is 2.48 bits per heavy atom. The second-order valence-electron chi connectivity index (χ2n) is 5.75. The molecule has 1 atom stereocenters. The van der Waals surface area contributed by atoms with Gasteiger partial charge in [-0.1, -0.05) is 11.6 Å². The molecule has 1 aromatic rings. The Morgan fingerprint density at radius 1 is 1.29 bits per heavy atom. The number of rotatable bonds is 4. The van der Waals surface area contributed by atoms with E-state index in [1.807, 2.05) is 0 Å². The fourth-order valence-electron chi connectivity index (χ4n) is 2.61. The molecule has 7 heteroatoms. The van der Waals surface area contributed by atoms with Crippen LogP contribution in [0.4, 0.5) is 5.95 Å².